The van der Waals surface area contributed by atoms with Gasteiger partial charge < -0.3 is 11.1 Å². The van der Waals surface area contributed by atoms with Gasteiger partial charge >= 0.3 is 12.1 Å². The number of anilines is 1. The number of nitrogens with zero attached hydrogens (tertiary/aromatic N) is 2. The Balaban J connectivity index is 0. The van der Waals surface area contributed by atoms with Crippen LogP contribution in [0.3, 0.4) is 0 Å². The van der Waals surface area contributed by atoms with Gasteiger partial charge in [-0.25, -0.2) is 14.2 Å². The minimum atomic E-state index is -3.20. The fraction of sp³-hybridized carbons (Fsp3) is 0.440. The summed E-state index contributed by atoms with van der Waals surface area (Å²) in [6, 6.07) is 2.10. The molecule has 0 bridgehead atoms. The van der Waals surface area contributed by atoms with Gasteiger partial charge in [0.25, 0.3) is 5.91 Å². The van der Waals surface area contributed by atoms with E-state index >= 15 is 0 Å². The molecule has 194 valence electrons. The smallest absolute Gasteiger partial charge is 0.324 e. The molecule has 0 aliphatic carbocycles. The van der Waals surface area contributed by atoms with Crippen molar-refractivity contribution in [2.75, 3.05) is 5.32 Å². The van der Waals surface area contributed by atoms with Crippen molar-refractivity contribution in [3.63, 3.8) is 0 Å². The number of carbonyl (C=O) groups is 2. The highest BCUT2D eigenvalue weighted by Gasteiger charge is 2.21. The van der Waals surface area contributed by atoms with Crippen LogP contribution in [0.1, 0.15) is 74.3 Å². The zero-order chi connectivity index (χ0) is 27.9. The number of urea groups is 1. The summed E-state index contributed by atoms with van der Waals surface area (Å²) in [5.74, 6) is 0.0365. The second-order valence-corrected chi connectivity index (χ2v) is 7.97. The predicted octanol–water partition coefficient (Wildman–Crippen LogP) is 6.23. The fourth-order valence-corrected chi connectivity index (χ4v) is 2.17. The third kappa shape index (κ3) is 15.0. The van der Waals surface area contributed by atoms with Crippen LogP contribution in [0.4, 0.5) is 23.7 Å². The monoisotopic (exact) mass is 495 g/mol. The number of amides is 3. The Bertz CT molecular complexity index is 987. The first-order valence-electron chi connectivity index (χ1n) is 11.0. The molecule has 7 nitrogen and oxygen atoms in total. The third-order valence-corrected chi connectivity index (χ3v) is 3.63. The summed E-state index contributed by atoms with van der Waals surface area (Å²) in [6.07, 6.45) is 1.34. The number of primary amides is 1. The molecule has 1 aromatic carbocycles. The van der Waals surface area contributed by atoms with Crippen LogP contribution in [0.2, 0.25) is 0 Å². The van der Waals surface area contributed by atoms with Crippen LogP contribution < -0.4 is 16.4 Å². The van der Waals surface area contributed by atoms with Crippen molar-refractivity contribution in [2.45, 2.75) is 68.4 Å². The molecular weight excluding hydrogens is 459 g/mol. The van der Waals surface area contributed by atoms with E-state index in [2.05, 4.69) is 36.8 Å². The largest absolute Gasteiger partial charge is 0.352 e. The second kappa shape index (κ2) is 16.1. The lowest BCUT2D eigenvalue weighted by molar-refractivity contribution is -0.000819. The van der Waals surface area contributed by atoms with Gasteiger partial charge in [0.15, 0.2) is 0 Å². The van der Waals surface area contributed by atoms with Gasteiger partial charge in [-0.15, -0.1) is 0 Å². The molecule has 0 saturated heterocycles. The van der Waals surface area contributed by atoms with Gasteiger partial charge in [-0.05, 0) is 61.6 Å². The van der Waals surface area contributed by atoms with Crippen molar-refractivity contribution < 1.29 is 22.8 Å². The maximum Gasteiger partial charge on any atom is 0.324 e. The highest BCUT2D eigenvalue weighted by atomic mass is 19.3. The molecule has 2 rings (SSSR count). The molecular formula is C25H36F3N5O2. The van der Waals surface area contributed by atoms with Gasteiger partial charge in [0, 0.05) is 18.8 Å². The molecule has 1 aromatic heterocycles. The number of carbonyl (C=O) groups excluding carboxylic acids is 2. The molecule has 0 unspecified atom stereocenters. The average Bonchev–Trinajstić information content (AvgIpc) is 2.71. The zero-order valence-electron chi connectivity index (χ0n) is 21.8. The molecule has 0 fully saturated rings. The van der Waals surface area contributed by atoms with Crippen LogP contribution in [-0.4, -0.2) is 23.0 Å². The van der Waals surface area contributed by atoms with Crippen LogP contribution in [0, 0.1) is 43.8 Å². The lowest BCUT2D eigenvalue weighted by Gasteiger charge is -2.09. The van der Waals surface area contributed by atoms with E-state index in [4.69, 9.17) is 5.26 Å². The molecule has 0 radical (unpaired) electrons. The van der Waals surface area contributed by atoms with E-state index in [9.17, 15) is 22.8 Å². The van der Waals surface area contributed by atoms with Crippen molar-refractivity contribution >= 4 is 17.6 Å². The molecule has 0 aliphatic heterocycles. The number of nitrogens with one attached hydrogen (secondary N) is 2. The van der Waals surface area contributed by atoms with Gasteiger partial charge in [0.1, 0.15) is 17.6 Å². The Hall–Kier alpha value is -3.61. The molecule has 3 amide bonds. The van der Waals surface area contributed by atoms with Crippen molar-refractivity contribution in [1.82, 2.24) is 10.3 Å². The maximum atomic E-state index is 13.7. The number of pyridine rings is 1. The van der Waals surface area contributed by atoms with Gasteiger partial charge in [-0.1, -0.05) is 34.6 Å². The summed E-state index contributed by atoms with van der Waals surface area (Å²) in [6.45, 7) is 16.2. The van der Waals surface area contributed by atoms with E-state index in [1.165, 1.54) is 17.6 Å². The Morgan fingerprint density at radius 2 is 1.60 bits per heavy atom. The minimum absolute atomic E-state index is 0.215. The molecule has 0 atom stereocenters. The summed E-state index contributed by atoms with van der Waals surface area (Å²) in [4.78, 5) is 25.8. The van der Waals surface area contributed by atoms with Gasteiger partial charge in [0.05, 0.1) is 5.56 Å². The number of hydrogen-bond donors (Lipinski definition) is 3. The minimum Gasteiger partial charge on any atom is -0.352 e. The normalized spacial score (nSPS) is 9.71. The highest BCUT2D eigenvalue weighted by Crippen LogP contribution is 2.19. The Morgan fingerprint density at radius 3 is 1.94 bits per heavy atom. The van der Waals surface area contributed by atoms with E-state index in [0.717, 1.165) is 11.5 Å². The molecule has 2 aromatic rings. The topological polar surface area (TPSA) is 121 Å². The van der Waals surface area contributed by atoms with Crippen molar-refractivity contribution in [3.8, 4) is 6.07 Å². The lowest BCUT2D eigenvalue weighted by Crippen LogP contribution is -2.41. The predicted molar refractivity (Wildman–Crippen MR) is 133 cm³/mol. The van der Waals surface area contributed by atoms with E-state index in [1.54, 1.807) is 32.9 Å². The fourth-order valence-electron chi connectivity index (χ4n) is 2.17. The number of benzene rings is 1. The summed E-state index contributed by atoms with van der Waals surface area (Å²) in [5.41, 5.74) is 7.24. The van der Waals surface area contributed by atoms with Crippen LogP contribution in [0.5, 0.6) is 0 Å². The van der Waals surface area contributed by atoms with Crippen LogP contribution in [0.15, 0.2) is 24.4 Å². The first-order chi connectivity index (χ1) is 16.1. The number of nitriles is 1. The van der Waals surface area contributed by atoms with E-state index < -0.39 is 18.0 Å². The van der Waals surface area contributed by atoms with Crippen LogP contribution in [-0.2, 0) is 0 Å². The number of nitrogens with two attached hydrogens (primary N) is 1. The Morgan fingerprint density at radius 1 is 1.09 bits per heavy atom. The average molecular weight is 496 g/mol. The summed E-state index contributed by atoms with van der Waals surface area (Å²) in [7, 11) is 0. The van der Waals surface area contributed by atoms with Gasteiger partial charge in [-0.3, -0.25) is 10.1 Å². The summed E-state index contributed by atoms with van der Waals surface area (Å²) < 4.78 is 36.8. The van der Waals surface area contributed by atoms with Crippen molar-refractivity contribution in [3.05, 3.63) is 58.2 Å². The lowest BCUT2D eigenvalue weighted by atomic mass is 10.1. The maximum absolute atomic E-state index is 13.7. The Kier molecular flexibility index (Phi) is 15.4. The standard InChI is InChI=1S/C16H14FN3O.C4H10.C3H6F2N2O.C2H6/c1-9-5-13(6-14(17)11(9)3)20-16(21)15-10(2)4-12(7-18)8-19-15;1-4(2)3;1-3(4,5)7-2(6)8;1-2/h4-6,8H,1-3H3,(H,20,21);4H,1-3H3;1H3,(H3,6,7,8);1-2H3. The third-order valence-electron chi connectivity index (χ3n) is 3.63. The van der Waals surface area contributed by atoms with Gasteiger partial charge in [0.2, 0.25) is 0 Å². The van der Waals surface area contributed by atoms with E-state index in [0.29, 0.717) is 29.3 Å². The van der Waals surface area contributed by atoms with Crippen LogP contribution in [0.25, 0.3) is 0 Å². The molecule has 10 heteroatoms. The quantitative estimate of drug-likeness (QED) is 0.437. The van der Waals surface area contributed by atoms with Gasteiger partial charge in [-0.2, -0.15) is 14.0 Å². The molecule has 1 heterocycles. The number of alkyl halides is 2. The highest BCUT2D eigenvalue weighted by molar-refractivity contribution is 6.03. The second-order valence-electron chi connectivity index (χ2n) is 7.97. The molecule has 0 aliphatic rings. The van der Waals surface area contributed by atoms with E-state index in [1.807, 2.05) is 19.9 Å². The SMILES string of the molecule is CC.CC(C)C.CC(F)(F)NC(N)=O.Cc1cc(C#N)cnc1C(=O)Nc1cc(C)c(C)c(F)c1. The molecule has 35 heavy (non-hydrogen) atoms. The number of halogens is 3. The number of rotatable bonds is 3. The Labute approximate surface area is 205 Å². The first kappa shape index (κ1) is 33.6. The summed E-state index contributed by atoms with van der Waals surface area (Å²) >= 11 is 0. The van der Waals surface area contributed by atoms with Crippen molar-refractivity contribution in [2.24, 2.45) is 11.7 Å². The molecule has 0 spiro atoms. The summed E-state index contributed by atoms with van der Waals surface area (Å²) in [5, 5.41) is 12.6. The number of hydrogen-bond acceptors (Lipinski definition) is 4. The molecule has 4 N–H and O–H groups in total. The van der Waals surface area contributed by atoms with Crippen LogP contribution >= 0.6 is 0 Å². The van der Waals surface area contributed by atoms with Crippen molar-refractivity contribution in [1.29, 1.82) is 5.26 Å². The number of aryl methyl sites for hydroxylation is 2. The molecule has 0 saturated carbocycles. The first-order valence-corrected chi connectivity index (χ1v) is 11.0. The number of aromatic nitrogens is 1. The van der Waals surface area contributed by atoms with E-state index in [-0.39, 0.29) is 11.5 Å². The zero-order valence-corrected chi connectivity index (χ0v) is 21.8.